The summed E-state index contributed by atoms with van der Waals surface area (Å²) in [6, 6.07) is 6.82. The highest BCUT2D eigenvalue weighted by Crippen LogP contribution is 2.25. The van der Waals surface area contributed by atoms with E-state index in [1.165, 1.54) is 23.2 Å². The Morgan fingerprint density at radius 1 is 1.35 bits per heavy atom. The van der Waals surface area contributed by atoms with Gasteiger partial charge in [-0.15, -0.1) is 0 Å². The minimum Gasteiger partial charge on any atom is -0.372 e. The normalized spacial score (nSPS) is 18.3. The van der Waals surface area contributed by atoms with Crippen molar-refractivity contribution in [3.05, 3.63) is 29.3 Å². The van der Waals surface area contributed by atoms with Gasteiger partial charge in [-0.3, -0.25) is 0 Å². The minimum atomic E-state index is -0.0481. The molecule has 0 amide bonds. The molecular weight excluding hydrogens is 248 g/mol. The van der Waals surface area contributed by atoms with Crippen LogP contribution < -0.4 is 10.2 Å². The highest BCUT2D eigenvalue weighted by Gasteiger charge is 2.27. The molecule has 0 aliphatic carbocycles. The lowest BCUT2D eigenvalue weighted by atomic mass is 10.0. The molecule has 3 nitrogen and oxygen atoms in total. The monoisotopic (exact) mass is 276 g/mol. The Morgan fingerprint density at radius 2 is 2.15 bits per heavy atom. The van der Waals surface area contributed by atoms with Crippen LogP contribution in [0.3, 0.4) is 0 Å². The number of morpholine rings is 1. The van der Waals surface area contributed by atoms with Crippen LogP contribution in [0.15, 0.2) is 18.2 Å². The molecule has 0 unspecified atom stereocenters. The SMILES string of the molecule is CCCNCc1ccc(N2CCOC(C)(C)C2)cc1C. The van der Waals surface area contributed by atoms with Crippen molar-refractivity contribution >= 4 is 5.69 Å². The van der Waals surface area contributed by atoms with E-state index in [4.69, 9.17) is 4.74 Å². The molecule has 1 aromatic rings. The lowest BCUT2D eigenvalue weighted by Crippen LogP contribution is -2.48. The van der Waals surface area contributed by atoms with Gasteiger partial charge in [-0.1, -0.05) is 13.0 Å². The van der Waals surface area contributed by atoms with Gasteiger partial charge in [0.1, 0.15) is 0 Å². The van der Waals surface area contributed by atoms with Crippen molar-refractivity contribution in [1.29, 1.82) is 0 Å². The molecule has 0 aromatic heterocycles. The van der Waals surface area contributed by atoms with E-state index >= 15 is 0 Å². The Hall–Kier alpha value is -1.06. The number of nitrogens with zero attached hydrogens (tertiary/aromatic N) is 1. The summed E-state index contributed by atoms with van der Waals surface area (Å²) in [7, 11) is 0. The summed E-state index contributed by atoms with van der Waals surface area (Å²) in [5, 5.41) is 3.47. The highest BCUT2D eigenvalue weighted by atomic mass is 16.5. The van der Waals surface area contributed by atoms with Crippen molar-refractivity contribution in [3.8, 4) is 0 Å². The van der Waals surface area contributed by atoms with E-state index in [0.717, 1.165) is 32.8 Å². The number of hydrogen-bond acceptors (Lipinski definition) is 3. The fourth-order valence-electron chi connectivity index (χ4n) is 2.71. The first-order chi connectivity index (χ1) is 9.52. The molecule has 0 saturated carbocycles. The zero-order valence-corrected chi connectivity index (χ0v) is 13.3. The van der Waals surface area contributed by atoms with Crippen LogP contribution >= 0.6 is 0 Å². The van der Waals surface area contributed by atoms with Crippen LogP contribution in [-0.2, 0) is 11.3 Å². The third-order valence-electron chi connectivity index (χ3n) is 3.86. The van der Waals surface area contributed by atoms with E-state index < -0.39 is 0 Å². The maximum Gasteiger partial charge on any atom is 0.0801 e. The molecule has 3 heteroatoms. The molecule has 0 atom stereocenters. The summed E-state index contributed by atoms with van der Waals surface area (Å²) >= 11 is 0. The van der Waals surface area contributed by atoms with E-state index in [1.54, 1.807) is 0 Å². The smallest absolute Gasteiger partial charge is 0.0801 e. The number of rotatable bonds is 5. The molecule has 20 heavy (non-hydrogen) atoms. The Bertz CT molecular complexity index is 443. The number of benzene rings is 1. The number of hydrogen-bond donors (Lipinski definition) is 1. The van der Waals surface area contributed by atoms with Crippen molar-refractivity contribution < 1.29 is 4.74 Å². The summed E-state index contributed by atoms with van der Waals surface area (Å²) in [4.78, 5) is 2.43. The summed E-state index contributed by atoms with van der Waals surface area (Å²) in [5.74, 6) is 0. The van der Waals surface area contributed by atoms with Gasteiger partial charge in [0.2, 0.25) is 0 Å². The topological polar surface area (TPSA) is 24.5 Å². The van der Waals surface area contributed by atoms with Crippen LogP contribution in [0.5, 0.6) is 0 Å². The Labute approximate surface area is 123 Å². The first kappa shape index (κ1) is 15.3. The lowest BCUT2D eigenvalue weighted by molar-refractivity contribution is -0.0276. The molecule has 0 radical (unpaired) electrons. The van der Waals surface area contributed by atoms with Crippen molar-refractivity contribution in [2.45, 2.75) is 46.3 Å². The quantitative estimate of drug-likeness (QED) is 0.836. The largest absolute Gasteiger partial charge is 0.372 e. The molecule has 0 spiro atoms. The van der Waals surface area contributed by atoms with E-state index in [-0.39, 0.29) is 5.60 Å². The van der Waals surface area contributed by atoms with Gasteiger partial charge in [-0.25, -0.2) is 0 Å². The Balaban J connectivity index is 2.04. The van der Waals surface area contributed by atoms with E-state index in [1.807, 2.05) is 0 Å². The van der Waals surface area contributed by atoms with E-state index in [9.17, 15) is 0 Å². The van der Waals surface area contributed by atoms with Crippen LogP contribution in [0.4, 0.5) is 5.69 Å². The van der Waals surface area contributed by atoms with Gasteiger partial charge < -0.3 is 15.0 Å². The minimum absolute atomic E-state index is 0.0481. The van der Waals surface area contributed by atoms with Gasteiger partial charge in [-0.2, -0.15) is 0 Å². The van der Waals surface area contributed by atoms with Gasteiger partial charge in [0.05, 0.1) is 12.2 Å². The standard InChI is InChI=1S/C17H28N2O/c1-5-8-18-12-15-6-7-16(11-14(15)2)19-9-10-20-17(3,4)13-19/h6-7,11,18H,5,8-10,12-13H2,1-4H3. The predicted molar refractivity (Wildman–Crippen MR) is 85.4 cm³/mol. The van der Waals surface area contributed by atoms with Crippen LogP contribution in [0.2, 0.25) is 0 Å². The Morgan fingerprint density at radius 3 is 2.80 bits per heavy atom. The van der Waals surface area contributed by atoms with Crippen LogP contribution in [-0.4, -0.2) is 31.8 Å². The third kappa shape index (κ3) is 3.97. The van der Waals surface area contributed by atoms with Crippen molar-refractivity contribution in [2.24, 2.45) is 0 Å². The first-order valence-electron chi connectivity index (χ1n) is 7.71. The van der Waals surface area contributed by atoms with Gasteiger partial charge in [0.15, 0.2) is 0 Å². The highest BCUT2D eigenvalue weighted by molar-refractivity contribution is 5.51. The van der Waals surface area contributed by atoms with Gasteiger partial charge in [-0.05, 0) is 57.0 Å². The molecule has 112 valence electrons. The van der Waals surface area contributed by atoms with Gasteiger partial charge >= 0.3 is 0 Å². The molecule has 1 aromatic carbocycles. The number of ether oxygens (including phenoxy) is 1. The van der Waals surface area contributed by atoms with Crippen LogP contribution in [0.25, 0.3) is 0 Å². The first-order valence-corrected chi connectivity index (χ1v) is 7.71. The molecule has 1 fully saturated rings. The summed E-state index contributed by atoms with van der Waals surface area (Å²) in [6.07, 6.45) is 1.18. The average molecular weight is 276 g/mol. The zero-order chi connectivity index (χ0) is 14.6. The summed E-state index contributed by atoms with van der Waals surface area (Å²) < 4.78 is 5.78. The van der Waals surface area contributed by atoms with Crippen molar-refractivity contribution in [2.75, 3.05) is 31.1 Å². The molecule has 0 bridgehead atoms. The average Bonchev–Trinajstić information content (AvgIpc) is 2.39. The number of anilines is 1. The maximum absolute atomic E-state index is 5.78. The molecule has 1 heterocycles. The van der Waals surface area contributed by atoms with Crippen molar-refractivity contribution in [1.82, 2.24) is 5.32 Å². The van der Waals surface area contributed by atoms with E-state index in [0.29, 0.717) is 0 Å². The molecule has 1 N–H and O–H groups in total. The molecule has 1 aliphatic heterocycles. The third-order valence-corrected chi connectivity index (χ3v) is 3.86. The van der Waals surface area contributed by atoms with Crippen LogP contribution in [0, 0.1) is 6.92 Å². The second-order valence-corrected chi connectivity index (χ2v) is 6.32. The second kappa shape index (κ2) is 6.59. The molecule has 2 rings (SSSR count). The van der Waals surface area contributed by atoms with Crippen molar-refractivity contribution in [3.63, 3.8) is 0 Å². The van der Waals surface area contributed by atoms with Crippen LogP contribution in [0.1, 0.15) is 38.3 Å². The number of aryl methyl sites for hydroxylation is 1. The molecule has 1 saturated heterocycles. The summed E-state index contributed by atoms with van der Waals surface area (Å²) in [6.45, 7) is 13.5. The Kier molecular flexibility index (Phi) is 5.06. The lowest BCUT2D eigenvalue weighted by Gasteiger charge is -2.39. The fourth-order valence-corrected chi connectivity index (χ4v) is 2.71. The maximum atomic E-state index is 5.78. The van der Waals surface area contributed by atoms with Gasteiger partial charge in [0.25, 0.3) is 0 Å². The molecule has 1 aliphatic rings. The fraction of sp³-hybridized carbons (Fsp3) is 0.647. The number of nitrogens with one attached hydrogen (secondary N) is 1. The predicted octanol–water partition coefficient (Wildman–Crippen LogP) is 3.11. The zero-order valence-electron chi connectivity index (χ0n) is 13.3. The molecular formula is C17H28N2O. The van der Waals surface area contributed by atoms with Gasteiger partial charge in [0, 0.05) is 25.3 Å². The second-order valence-electron chi connectivity index (χ2n) is 6.32. The van der Waals surface area contributed by atoms with E-state index in [2.05, 4.69) is 56.1 Å². The summed E-state index contributed by atoms with van der Waals surface area (Å²) in [5.41, 5.74) is 4.04.